The van der Waals surface area contributed by atoms with E-state index in [-0.39, 0.29) is 0 Å². The summed E-state index contributed by atoms with van der Waals surface area (Å²) in [6, 6.07) is 19.4. The van der Waals surface area contributed by atoms with Gasteiger partial charge >= 0.3 is 0 Å². The van der Waals surface area contributed by atoms with Crippen molar-refractivity contribution in [3.63, 3.8) is 0 Å². The first-order valence-electron chi connectivity index (χ1n) is 10.8. The third kappa shape index (κ3) is 4.30. The first kappa shape index (κ1) is 19.0. The Balaban J connectivity index is 1.12. The fourth-order valence-corrected chi connectivity index (χ4v) is 4.43. The van der Waals surface area contributed by atoms with Gasteiger partial charge in [0, 0.05) is 49.0 Å². The van der Waals surface area contributed by atoms with Crippen molar-refractivity contribution < 1.29 is 0 Å². The van der Waals surface area contributed by atoms with Gasteiger partial charge in [-0.1, -0.05) is 30.3 Å². The standard InChI is InChI=1S/C24H28N6/c1-2-4-20(5-3-1)15-25-16-21-8-10-28(17-21)12-13-29-11-9-22-14-23(6-7-24(22)29)30-18-26-27-19-30/h1-7,9,11,14,18-19,21,25H,8,10,12-13,15-17H2/t21-/m0/s1. The Kier molecular flexibility index (Phi) is 5.59. The number of likely N-dealkylation sites (tertiary alicyclic amines) is 1. The third-order valence-corrected chi connectivity index (χ3v) is 6.10. The Morgan fingerprint density at radius 1 is 0.967 bits per heavy atom. The number of aromatic nitrogens is 4. The summed E-state index contributed by atoms with van der Waals surface area (Å²) < 4.78 is 4.30. The Hall–Kier alpha value is -2.96. The second kappa shape index (κ2) is 8.81. The van der Waals surface area contributed by atoms with Crippen LogP contribution in [0.3, 0.4) is 0 Å². The largest absolute Gasteiger partial charge is 0.346 e. The summed E-state index contributed by atoms with van der Waals surface area (Å²) in [5.74, 6) is 0.751. The minimum absolute atomic E-state index is 0.751. The second-order valence-corrected chi connectivity index (χ2v) is 8.19. The summed E-state index contributed by atoms with van der Waals surface area (Å²) in [6.07, 6.45) is 6.96. The lowest BCUT2D eigenvalue weighted by atomic mass is 10.1. The van der Waals surface area contributed by atoms with Gasteiger partial charge in [-0.05, 0) is 55.3 Å². The van der Waals surface area contributed by atoms with Gasteiger partial charge in [0.25, 0.3) is 0 Å². The van der Waals surface area contributed by atoms with Crippen LogP contribution in [0.5, 0.6) is 0 Å². The molecule has 1 atom stereocenters. The molecule has 1 aliphatic rings. The third-order valence-electron chi connectivity index (χ3n) is 6.10. The molecule has 30 heavy (non-hydrogen) atoms. The zero-order valence-electron chi connectivity index (χ0n) is 17.2. The molecule has 2 aromatic carbocycles. The molecule has 1 saturated heterocycles. The zero-order chi connectivity index (χ0) is 20.2. The van der Waals surface area contributed by atoms with E-state index in [0.29, 0.717) is 0 Å². The molecule has 0 saturated carbocycles. The molecule has 6 nitrogen and oxygen atoms in total. The molecule has 1 aliphatic heterocycles. The first-order valence-corrected chi connectivity index (χ1v) is 10.8. The molecule has 0 radical (unpaired) electrons. The van der Waals surface area contributed by atoms with Crippen LogP contribution in [0.25, 0.3) is 16.6 Å². The molecule has 4 aromatic rings. The van der Waals surface area contributed by atoms with Crippen LogP contribution in [0.2, 0.25) is 0 Å². The molecule has 1 N–H and O–H groups in total. The minimum Gasteiger partial charge on any atom is -0.346 e. The second-order valence-electron chi connectivity index (χ2n) is 8.19. The number of nitrogens with zero attached hydrogens (tertiary/aromatic N) is 5. The van der Waals surface area contributed by atoms with Crippen molar-refractivity contribution in [1.29, 1.82) is 0 Å². The molecule has 0 aliphatic carbocycles. The first-order chi connectivity index (χ1) is 14.8. The molecule has 1 fully saturated rings. The van der Waals surface area contributed by atoms with Crippen molar-refractivity contribution in [3.05, 3.63) is 79.0 Å². The van der Waals surface area contributed by atoms with Gasteiger partial charge in [0.1, 0.15) is 12.7 Å². The van der Waals surface area contributed by atoms with Gasteiger partial charge in [0.15, 0.2) is 0 Å². The topological polar surface area (TPSA) is 50.9 Å². The van der Waals surface area contributed by atoms with Gasteiger partial charge in [-0.15, -0.1) is 10.2 Å². The lowest BCUT2D eigenvalue weighted by Crippen LogP contribution is -2.28. The summed E-state index contributed by atoms with van der Waals surface area (Å²) in [4.78, 5) is 2.60. The van der Waals surface area contributed by atoms with Crippen LogP contribution < -0.4 is 5.32 Å². The highest BCUT2D eigenvalue weighted by atomic mass is 15.2. The van der Waals surface area contributed by atoms with E-state index in [1.807, 2.05) is 4.57 Å². The molecular weight excluding hydrogens is 372 g/mol. The average molecular weight is 401 g/mol. The van der Waals surface area contributed by atoms with Crippen LogP contribution in [-0.4, -0.2) is 50.4 Å². The maximum absolute atomic E-state index is 3.90. The minimum atomic E-state index is 0.751. The molecule has 5 rings (SSSR count). The quantitative estimate of drug-likeness (QED) is 0.493. The molecule has 2 aromatic heterocycles. The number of hydrogen-bond acceptors (Lipinski definition) is 4. The molecule has 0 bridgehead atoms. The van der Waals surface area contributed by atoms with Gasteiger partial charge in [-0.25, -0.2) is 0 Å². The summed E-state index contributed by atoms with van der Waals surface area (Å²) in [5.41, 5.74) is 3.74. The van der Waals surface area contributed by atoms with Crippen molar-refractivity contribution in [1.82, 2.24) is 29.5 Å². The predicted octanol–water partition coefficient (Wildman–Crippen LogP) is 3.33. The van der Waals surface area contributed by atoms with Gasteiger partial charge in [-0.3, -0.25) is 4.57 Å². The Morgan fingerprint density at radius 2 is 1.83 bits per heavy atom. The van der Waals surface area contributed by atoms with E-state index in [0.717, 1.165) is 37.8 Å². The molecular formula is C24H28N6. The number of nitrogens with one attached hydrogen (secondary N) is 1. The fourth-order valence-electron chi connectivity index (χ4n) is 4.43. The number of benzene rings is 2. The van der Waals surface area contributed by atoms with Crippen molar-refractivity contribution in [2.24, 2.45) is 5.92 Å². The predicted molar refractivity (Wildman–Crippen MR) is 120 cm³/mol. The lowest BCUT2D eigenvalue weighted by molar-refractivity contribution is 0.309. The van der Waals surface area contributed by atoms with E-state index < -0.39 is 0 Å². The van der Waals surface area contributed by atoms with E-state index >= 15 is 0 Å². The Morgan fingerprint density at radius 3 is 2.70 bits per heavy atom. The van der Waals surface area contributed by atoms with E-state index in [2.05, 4.69) is 85.8 Å². The summed E-state index contributed by atoms with van der Waals surface area (Å²) >= 11 is 0. The van der Waals surface area contributed by atoms with E-state index in [9.17, 15) is 0 Å². The van der Waals surface area contributed by atoms with Crippen LogP contribution in [0.15, 0.2) is 73.4 Å². The van der Waals surface area contributed by atoms with Gasteiger partial charge in [0.2, 0.25) is 0 Å². The van der Waals surface area contributed by atoms with Crippen LogP contribution >= 0.6 is 0 Å². The molecule has 0 amide bonds. The normalized spacial score (nSPS) is 17.1. The zero-order valence-corrected chi connectivity index (χ0v) is 17.2. The van der Waals surface area contributed by atoms with Crippen molar-refractivity contribution in [3.8, 4) is 5.69 Å². The number of rotatable bonds is 8. The van der Waals surface area contributed by atoms with Gasteiger partial charge < -0.3 is 14.8 Å². The van der Waals surface area contributed by atoms with Gasteiger partial charge in [0.05, 0.1) is 0 Å². The maximum atomic E-state index is 3.90. The maximum Gasteiger partial charge on any atom is 0.123 e. The number of fused-ring (bicyclic) bond motifs is 1. The monoisotopic (exact) mass is 400 g/mol. The average Bonchev–Trinajstić information content (AvgIpc) is 3.54. The van der Waals surface area contributed by atoms with Crippen LogP contribution in [0, 0.1) is 5.92 Å². The SMILES string of the molecule is c1ccc(CNC[C@@H]2CCN(CCn3ccc4cc(-n5cnnc5)ccc43)C2)cc1. The highest BCUT2D eigenvalue weighted by Crippen LogP contribution is 2.21. The van der Waals surface area contributed by atoms with Crippen LogP contribution in [0.1, 0.15) is 12.0 Å². The van der Waals surface area contributed by atoms with Crippen LogP contribution in [-0.2, 0) is 13.1 Å². The summed E-state index contributed by atoms with van der Waals surface area (Å²) in [6.45, 7) is 6.59. The van der Waals surface area contributed by atoms with Crippen LogP contribution in [0.4, 0.5) is 0 Å². The smallest absolute Gasteiger partial charge is 0.123 e. The van der Waals surface area contributed by atoms with E-state index in [1.165, 1.54) is 36.0 Å². The van der Waals surface area contributed by atoms with Crippen molar-refractivity contribution in [2.75, 3.05) is 26.2 Å². The molecule has 0 spiro atoms. The summed E-state index contributed by atoms with van der Waals surface area (Å²) in [5, 5.41) is 12.7. The Bertz CT molecular complexity index is 1070. The molecule has 154 valence electrons. The Labute approximate surface area is 177 Å². The number of hydrogen-bond donors (Lipinski definition) is 1. The van der Waals surface area contributed by atoms with Gasteiger partial charge in [-0.2, -0.15) is 0 Å². The molecule has 0 unspecified atom stereocenters. The molecule has 6 heteroatoms. The lowest BCUT2D eigenvalue weighted by Gasteiger charge is -2.17. The summed E-state index contributed by atoms with van der Waals surface area (Å²) in [7, 11) is 0. The highest BCUT2D eigenvalue weighted by Gasteiger charge is 2.21. The molecule has 3 heterocycles. The van der Waals surface area contributed by atoms with Crippen molar-refractivity contribution >= 4 is 10.9 Å². The van der Waals surface area contributed by atoms with E-state index in [4.69, 9.17) is 0 Å². The fraction of sp³-hybridized carbons (Fsp3) is 0.333. The van der Waals surface area contributed by atoms with E-state index in [1.54, 1.807) is 12.7 Å². The van der Waals surface area contributed by atoms with Crippen molar-refractivity contribution in [2.45, 2.75) is 19.5 Å². The highest BCUT2D eigenvalue weighted by molar-refractivity contribution is 5.82.